The average molecular weight is 476 g/mol. The zero-order chi connectivity index (χ0) is 24.5. The maximum Gasteiger partial charge on any atom is 0.255 e. The molecule has 180 valence electrons. The van der Waals surface area contributed by atoms with E-state index in [2.05, 4.69) is 15.4 Å². The molecule has 10 nitrogen and oxygen atoms in total. The number of fused-ring (bicyclic) bond motifs is 2. The van der Waals surface area contributed by atoms with Crippen molar-refractivity contribution in [2.75, 3.05) is 31.6 Å². The van der Waals surface area contributed by atoms with Crippen molar-refractivity contribution in [1.82, 2.24) is 19.7 Å². The number of pyridine rings is 1. The molecule has 0 fully saturated rings. The van der Waals surface area contributed by atoms with Crippen molar-refractivity contribution in [1.29, 1.82) is 0 Å². The number of furan rings is 1. The van der Waals surface area contributed by atoms with Crippen LogP contribution in [0.25, 0.3) is 22.5 Å². The second kappa shape index (κ2) is 9.13. The van der Waals surface area contributed by atoms with Crippen LogP contribution in [0.4, 0.5) is 5.69 Å². The third-order valence-electron chi connectivity index (χ3n) is 5.80. The minimum atomic E-state index is -0.323. The highest BCUT2D eigenvalue weighted by molar-refractivity contribution is 6.08. The molecule has 10 heteroatoms. The summed E-state index contributed by atoms with van der Waals surface area (Å²) in [5, 5.41) is 7.93. The van der Waals surface area contributed by atoms with Crippen molar-refractivity contribution in [3.63, 3.8) is 0 Å². The van der Waals surface area contributed by atoms with Crippen LogP contribution in [-0.4, -0.2) is 57.8 Å². The Hall–Kier alpha value is -4.34. The molecule has 0 atom stereocenters. The molecule has 35 heavy (non-hydrogen) atoms. The van der Waals surface area contributed by atoms with Gasteiger partial charge >= 0.3 is 0 Å². The van der Waals surface area contributed by atoms with Crippen LogP contribution in [-0.2, 0) is 11.8 Å². The number of carbonyl (C=O) groups is 2. The van der Waals surface area contributed by atoms with Crippen molar-refractivity contribution < 1.29 is 23.5 Å². The van der Waals surface area contributed by atoms with Gasteiger partial charge in [-0.15, -0.1) is 0 Å². The summed E-state index contributed by atoms with van der Waals surface area (Å²) in [6.07, 6.45) is 1.55. The predicted octanol–water partition coefficient (Wildman–Crippen LogP) is 3.41. The molecule has 0 unspecified atom stereocenters. The van der Waals surface area contributed by atoms with E-state index in [1.165, 1.54) is 4.90 Å². The van der Waals surface area contributed by atoms with E-state index in [-0.39, 0.29) is 18.4 Å². The highest BCUT2D eigenvalue weighted by Crippen LogP contribution is 2.32. The Morgan fingerprint density at radius 2 is 1.94 bits per heavy atom. The number of carbonyl (C=O) groups excluding carboxylic acids is 2. The molecule has 1 aromatic carbocycles. The Labute approximate surface area is 201 Å². The third-order valence-corrected chi connectivity index (χ3v) is 5.80. The molecule has 0 saturated carbocycles. The molecule has 0 saturated heterocycles. The molecule has 0 spiro atoms. The Morgan fingerprint density at radius 3 is 2.69 bits per heavy atom. The van der Waals surface area contributed by atoms with E-state index in [1.807, 2.05) is 13.8 Å². The summed E-state index contributed by atoms with van der Waals surface area (Å²) in [5.41, 5.74) is 2.75. The summed E-state index contributed by atoms with van der Waals surface area (Å²) in [7, 11) is 1.78. The zero-order valence-electron chi connectivity index (χ0n) is 19.7. The number of ether oxygens (including phenoxy) is 2. The number of hydrogen-bond acceptors (Lipinski definition) is 7. The van der Waals surface area contributed by atoms with Gasteiger partial charge in [-0.3, -0.25) is 14.3 Å². The second-order valence-electron chi connectivity index (χ2n) is 8.17. The van der Waals surface area contributed by atoms with E-state index >= 15 is 0 Å². The SMILES string of the molecule is CCN(CC(=O)Nc1ccc2c(c1)OCCO2)C(=O)c1cc(-c2ccco2)nc2c1c(C)nn2C. The van der Waals surface area contributed by atoms with Crippen LogP contribution in [0.1, 0.15) is 23.0 Å². The summed E-state index contributed by atoms with van der Waals surface area (Å²) in [4.78, 5) is 32.7. The Morgan fingerprint density at radius 1 is 1.14 bits per heavy atom. The minimum Gasteiger partial charge on any atom is -0.486 e. The largest absolute Gasteiger partial charge is 0.486 e. The molecule has 5 rings (SSSR count). The van der Waals surface area contributed by atoms with Gasteiger partial charge in [0.05, 0.1) is 22.9 Å². The maximum atomic E-state index is 13.7. The van der Waals surface area contributed by atoms with Gasteiger partial charge in [0.25, 0.3) is 5.91 Å². The van der Waals surface area contributed by atoms with Crippen LogP contribution in [0.15, 0.2) is 47.1 Å². The number of benzene rings is 1. The van der Waals surface area contributed by atoms with Crippen LogP contribution in [0.3, 0.4) is 0 Å². The Bertz CT molecular complexity index is 1410. The van der Waals surface area contributed by atoms with E-state index in [1.54, 1.807) is 54.4 Å². The molecule has 2 amide bonds. The van der Waals surface area contributed by atoms with E-state index in [4.69, 9.17) is 13.9 Å². The number of rotatable bonds is 6. The number of anilines is 1. The molecule has 1 N–H and O–H groups in total. The van der Waals surface area contributed by atoms with E-state index in [9.17, 15) is 9.59 Å². The first-order valence-electron chi connectivity index (χ1n) is 11.3. The molecular weight excluding hydrogens is 450 g/mol. The molecule has 1 aliphatic heterocycles. The summed E-state index contributed by atoms with van der Waals surface area (Å²) in [6, 6.07) is 10.4. The number of aromatic nitrogens is 3. The molecule has 3 aromatic heterocycles. The summed E-state index contributed by atoms with van der Waals surface area (Å²) < 4.78 is 18.2. The van der Waals surface area contributed by atoms with Crippen molar-refractivity contribution in [2.24, 2.45) is 7.05 Å². The number of hydrogen-bond donors (Lipinski definition) is 1. The van der Waals surface area contributed by atoms with Crippen LogP contribution < -0.4 is 14.8 Å². The molecule has 4 aromatic rings. The molecule has 0 bridgehead atoms. The lowest BCUT2D eigenvalue weighted by Crippen LogP contribution is -2.38. The van der Waals surface area contributed by atoms with Crippen molar-refractivity contribution in [3.8, 4) is 23.0 Å². The number of nitrogens with one attached hydrogen (secondary N) is 1. The standard InChI is InChI=1S/C25H25N5O5/c1-4-30(14-22(31)26-16-7-8-20-21(12-16)35-11-10-34-20)25(32)17-13-18(19-6-5-9-33-19)27-24-23(17)15(2)28-29(24)3/h5-9,12-13H,4,10-11,14H2,1-3H3,(H,26,31). The minimum absolute atomic E-state index is 0.122. The molecule has 0 aliphatic carbocycles. The van der Waals surface area contributed by atoms with E-state index in [0.717, 1.165) is 0 Å². The van der Waals surface area contributed by atoms with Gasteiger partial charge in [-0.1, -0.05) is 0 Å². The van der Waals surface area contributed by atoms with Gasteiger partial charge in [0.2, 0.25) is 5.91 Å². The molecule has 4 heterocycles. The Kier molecular flexibility index (Phi) is 5.86. The fraction of sp³-hybridized carbons (Fsp3) is 0.280. The quantitative estimate of drug-likeness (QED) is 0.455. The van der Waals surface area contributed by atoms with Gasteiger partial charge in [-0.25, -0.2) is 4.98 Å². The normalized spacial score (nSPS) is 12.5. The van der Waals surface area contributed by atoms with Crippen LogP contribution in [0, 0.1) is 6.92 Å². The molecule has 1 aliphatic rings. The second-order valence-corrected chi connectivity index (χ2v) is 8.17. The van der Waals surface area contributed by atoms with Crippen LogP contribution in [0.2, 0.25) is 0 Å². The number of amides is 2. The van der Waals surface area contributed by atoms with Gasteiger partial charge in [0.15, 0.2) is 22.9 Å². The van der Waals surface area contributed by atoms with Gasteiger partial charge in [-0.05, 0) is 44.2 Å². The van der Waals surface area contributed by atoms with Crippen molar-refractivity contribution in [3.05, 3.63) is 53.9 Å². The first kappa shape index (κ1) is 22.5. The van der Waals surface area contributed by atoms with Crippen LogP contribution >= 0.6 is 0 Å². The van der Waals surface area contributed by atoms with Gasteiger partial charge in [-0.2, -0.15) is 5.10 Å². The lowest BCUT2D eigenvalue weighted by Gasteiger charge is -2.22. The fourth-order valence-corrected chi connectivity index (χ4v) is 4.16. The molecule has 0 radical (unpaired) electrons. The number of likely N-dealkylation sites (N-methyl/N-ethyl adjacent to an activating group) is 1. The topological polar surface area (TPSA) is 112 Å². The smallest absolute Gasteiger partial charge is 0.255 e. The number of aryl methyl sites for hydroxylation is 2. The van der Waals surface area contributed by atoms with E-state index < -0.39 is 0 Å². The maximum absolute atomic E-state index is 13.7. The zero-order valence-corrected chi connectivity index (χ0v) is 19.7. The first-order valence-corrected chi connectivity index (χ1v) is 11.3. The predicted molar refractivity (Wildman–Crippen MR) is 129 cm³/mol. The molecular formula is C25H25N5O5. The average Bonchev–Trinajstić information content (AvgIpc) is 3.50. The summed E-state index contributed by atoms with van der Waals surface area (Å²) >= 11 is 0. The highest BCUT2D eigenvalue weighted by atomic mass is 16.6. The van der Waals surface area contributed by atoms with Crippen molar-refractivity contribution in [2.45, 2.75) is 13.8 Å². The highest BCUT2D eigenvalue weighted by Gasteiger charge is 2.25. The first-order chi connectivity index (χ1) is 16.9. The third kappa shape index (κ3) is 4.30. The fourth-order valence-electron chi connectivity index (χ4n) is 4.16. The van der Waals surface area contributed by atoms with Crippen molar-refractivity contribution >= 4 is 28.5 Å². The summed E-state index contributed by atoms with van der Waals surface area (Å²) in [6.45, 7) is 4.83. The Balaban J connectivity index is 1.41. The lowest BCUT2D eigenvalue weighted by molar-refractivity contribution is -0.116. The summed E-state index contributed by atoms with van der Waals surface area (Å²) in [5.74, 6) is 1.14. The van der Waals surface area contributed by atoms with Gasteiger partial charge < -0.3 is 24.1 Å². The lowest BCUT2D eigenvalue weighted by atomic mass is 10.1. The van der Waals surface area contributed by atoms with Gasteiger partial charge in [0.1, 0.15) is 25.5 Å². The number of nitrogens with zero attached hydrogens (tertiary/aromatic N) is 4. The van der Waals surface area contributed by atoms with E-state index in [0.29, 0.717) is 70.7 Å². The van der Waals surface area contributed by atoms with Gasteiger partial charge in [0, 0.05) is 25.3 Å². The van der Waals surface area contributed by atoms with Crippen LogP contribution in [0.5, 0.6) is 11.5 Å². The monoisotopic (exact) mass is 475 g/mol.